The zero-order chi connectivity index (χ0) is 9.47. The van der Waals surface area contributed by atoms with Gasteiger partial charge in [0, 0.05) is 10.9 Å². The first-order valence-corrected chi connectivity index (χ1v) is 5.52. The molecular formula is C10H15NOS. The van der Waals surface area contributed by atoms with Crippen molar-refractivity contribution in [2.24, 2.45) is 5.73 Å². The minimum absolute atomic E-state index is 0.173. The van der Waals surface area contributed by atoms with Crippen LogP contribution in [-0.4, -0.2) is 11.1 Å². The second-order valence-electron chi connectivity index (χ2n) is 3.97. The Morgan fingerprint density at radius 2 is 2.46 bits per heavy atom. The lowest BCUT2D eigenvalue weighted by Crippen LogP contribution is -2.25. The van der Waals surface area contributed by atoms with Crippen molar-refractivity contribution in [1.82, 2.24) is 0 Å². The molecule has 0 spiro atoms. The molecule has 2 atom stereocenters. The average molecular weight is 197 g/mol. The fraction of sp³-hybridized carbons (Fsp3) is 0.600. The van der Waals surface area contributed by atoms with Gasteiger partial charge in [0.25, 0.3) is 0 Å². The largest absolute Gasteiger partial charge is 0.384 e. The van der Waals surface area contributed by atoms with Crippen LogP contribution in [0.1, 0.15) is 29.7 Å². The molecule has 1 aliphatic rings. The average Bonchev–Trinajstić information content (AvgIpc) is 2.59. The van der Waals surface area contributed by atoms with E-state index in [-0.39, 0.29) is 6.04 Å². The molecule has 1 saturated carbocycles. The summed E-state index contributed by atoms with van der Waals surface area (Å²) < 4.78 is 0. The smallest absolute Gasteiger partial charge is 0.101 e. The summed E-state index contributed by atoms with van der Waals surface area (Å²) in [6.07, 6.45) is 2.47. The van der Waals surface area contributed by atoms with Gasteiger partial charge < -0.3 is 10.8 Å². The van der Waals surface area contributed by atoms with E-state index >= 15 is 0 Å². The Hall–Kier alpha value is -0.380. The van der Waals surface area contributed by atoms with Crippen LogP contribution in [0, 0.1) is 6.92 Å². The summed E-state index contributed by atoms with van der Waals surface area (Å²) >= 11 is 1.64. The van der Waals surface area contributed by atoms with Gasteiger partial charge in [-0.2, -0.15) is 0 Å². The van der Waals surface area contributed by atoms with Crippen LogP contribution in [0.5, 0.6) is 0 Å². The van der Waals surface area contributed by atoms with Gasteiger partial charge in [-0.05, 0) is 43.2 Å². The predicted molar refractivity (Wildman–Crippen MR) is 54.8 cm³/mol. The molecule has 1 aromatic rings. The minimum Gasteiger partial charge on any atom is -0.384 e. The highest BCUT2D eigenvalue weighted by atomic mass is 32.1. The maximum Gasteiger partial charge on any atom is 0.101 e. The first-order valence-electron chi connectivity index (χ1n) is 4.64. The molecule has 2 unspecified atom stereocenters. The van der Waals surface area contributed by atoms with Gasteiger partial charge in [0.05, 0.1) is 0 Å². The first kappa shape index (κ1) is 9.19. The molecule has 1 aromatic heterocycles. The van der Waals surface area contributed by atoms with Gasteiger partial charge >= 0.3 is 0 Å². The van der Waals surface area contributed by atoms with Crippen LogP contribution in [0.4, 0.5) is 0 Å². The van der Waals surface area contributed by atoms with E-state index in [4.69, 9.17) is 5.73 Å². The second kappa shape index (κ2) is 3.08. The van der Waals surface area contributed by atoms with Gasteiger partial charge in [0.1, 0.15) is 5.60 Å². The Balaban J connectivity index is 2.30. The van der Waals surface area contributed by atoms with Gasteiger partial charge in [0.15, 0.2) is 0 Å². The highest BCUT2D eigenvalue weighted by molar-refractivity contribution is 7.10. The van der Waals surface area contributed by atoms with Gasteiger partial charge in [-0.3, -0.25) is 0 Å². The van der Waals surface area contributed by atoms with Gasteiger partial charge in [-0.25, -0.2) is 0 Å². The number of thiophene rings is 1. The van der Waals surface area contributed by atoms with Gasteiger partial charge in [-0.15, -0.1) is 11.3 Å². The van der Waals surface area contributed by atoms with Crippen molar-refractivity contribution >= 4 is 11.3 Å². The standard InChI is InChI=1S/C10H15NOS/c1-7-3-5-13-9(7)10(12)4-2-8(11)6-10/h3,5,8,12H,2,4,6,11H2,1H3. The lowest BCUT2D eigenvalue weighted by atomic mass is 9.97. The van der Waals surface area contributed by atoms with E-state index in [1.807, 2.05) is 12.3 Å². The van der Waals surface area contributed by atoms with Crippen molar-refractivity contribution in [3.8, 4) is 0 Å². The zero-order valence-electron chi connectivity index (χ0n) is 7.79. The Morgan fingerprint density at radius 3 is 2.92 bits per heavy atom. The second-order valence-corrected chi connectivity index (χ2v) is 4.88. The molecule has 0 saturated heterocycles. The normalized spacial score (nSPS) is 33.9. The SMILES string of the molecule is Cc1ccsc1C1(O)CCC(N)C1. The molecule has 2 rings (SSSR count). The molecular weight excluding hydrogens is 182 g/mol. The van der Waals surface area contributed by atoms with Crippen LogP contribution < -0.4 is 5.73 Å². The molecule has 0 aromatic carbocycles. The van der Waals surface area contributed by atoms with E-state index in [2.05, 4.69) is 6.07 Å². The summed E-state index contributed by atoms with van der Waals surface area (Å²) in [5.74, 6) is 0. The number of hydrogen-bond donors (Lipinski definition) is 2. The molecule has 0 bridgehead atoms. The van der Waals surface area contributed by atoms with E-state index in [0.29, 0.717) is 6.42 Å². The quantitative estimate of drug-likeness (QED) is 0.720. The fourth-order valence-corrected chi connectivity index (χ4v) is 3.18. The number of rotatable bonds is 1. The van der Waals surface area contributed by atoms with Crippen LogP contribution in [-0.2, 0) is 5.60 Å². The van der Waals surface area contributed by atoms with Crippen LogP contribution in [0.15, 0.2) is 11.4 Å². The molecule has 13 heavy (non-hydrogen) atoms. The van der Waals surface area contributed by atoms with Gasteiger partial charge in [-0.1, -0.05) is 0 Å². The summed E-state index contributed by atoms with van der Waals surface area (Å²) in [6, 6.07) is 2.23. The molecule has 3 heteroatoms. The highest BCUT2D eigenvalue weighted by Gasteiger charge is 2.38. The Labute approximate surface area is 82.4 Å². The van der Waals surface area contributed by atoms with E-state index in [1.165, 1.54) is 5.56 Å². The molecule has 1 heterocycles. The summed E-state index contributed by atoms with van der Waals surface area (Å²) in [4.78, 5) is 1.11. The molecule has 1 fully saturated rings. The van der Waals surface area contributed by atoms with Crippen LogP contribution in [0.2, 0.25) is 0 Å². The Bertz CT molecular complexity index is 310. The Morgan fingerprint density at radius 1 is 1.69 bits per heavy atom. The molecule has 0 amide bonds. The lowest BCUT2D eigenvalue weighted by Gasteiger charge is -2.21. The van der Waals surface area contributed by atoms with Crippen molar-refractivity contribution in [1.29, 1.82) is 0 Å². The third kappa shape index (κ3) is 1.52. The van der Waals surface area contributed by atoms with Crippen molar-refractivity contribution in [2.45, 2.75) is 37.8 Å². The summed E-state index contributed by atoms with van der Waals surface area (Å²) in [6.45, 7) is 2.05. The molecule has 1 aliphatic carbocycles. The van der Waals surface area contributed by atoms with Crippen molar-refractivity contribution in [3.05, 3.63) is 21.9 Å². The molecule has 72 valence electrons. The summed E-state index contributed by atoms with van der Waals surface area (Å²) in [5, 5.41) is 12.4. The number of nitrogens with two attached hydrogens (primary N) is 1. The molecule has 0 aliphatic heterocycles. The maximum atomic E-state index is 10.3. The third-order valence-corrected chi connectivity index (χ3v) is 4.02. The zero-order valence-corrected chi connectivity index (χ0v) is 8.60. The number of aliphatic hydroxyl groups is 1. The lowest BCUT2D eigenvalue weighted by molar-refractivity contribution is 0.0463. The van der Waals surface area contributed by atoms with Crippen LogP contribution in [0.3, 0.4) is 0 Å². The summed E-state index contributed by atoms with van der Waals surface area (Å²) in [7, 11) is 0. The van der Waals surface area contributed by atoms with Crippen molar-refractivity contribution in [3.63, 3.8) is 0 Å². The van der Waals surface area contributed by atoms with Crippen molar-refractivity contribution in [2.75, 3.05) is 0 Å². The van der Waals surface area contributed by atoms with E-state index in [9.17, 15) is 5.11 Å². The van der Waals surface area contributed by atoms with Crippen LogP contribution >= 0.6 is 11.3 Å². The van der Waals surface area contributed by atoms with E-state index in [0.717, 1.165) is 17.7 Å². The van der Waals surface area contributed by atoms with Gasteiger partial charge in [0.2, 0.25) is 0 Å². The monoisotopic (exact) mass is 197 g/mol. The van der Waals surface area contributed by atoms with E-state index in [1.54, 1.807) is 11.3 Å². The van der Waals surface area contributed by atoms with E-state index < -0.39 is 5.60 Å². The van der Waals surface area contributed by atoms with Crippen molar-refractivity contribution < 1.29 is 5.11 Å². The molecule has 0 radical (unpaired) electrons. The molecule has 3 N–H and O–H groups in total. The molecule has 2 nitrogen and oxygen atoms in total. The fourth-order valence-electron chi connectivity index (χ4n) is 2.12. The van der Waals surface area contributed by atoms with Crippen LogP contribution in [0.25, 0.3) is 0 Å². The first-order chi connectivity index (χ1) is 6.12. The predicted octanol–water partition coefficient (Wildman–Crippen LogP) is 1.76. The highest BCUT2D eigenvalue weighted by Crippen LogP contribution is 2.41. The Kier molecular flexibility index (Phi) is 2.18. The summed E-state index contributed by atoms with van der Waals surface area (Å²) in [5.41, 5.74) is 6.38. The number of hydrogen-bond acceptors (Lipinski definition) is 3. The topological polar surface area (TPSA) is 46.2 Å². The number of aryl methyl sites for hydroxylation is 1. The third-order valence-electron chi connectivity index (χ3n) is 2.81. The maximum absolute atomic E-state index is 10.3. The minimum atomic E-state index is -0.627.